The van der Waals surface area contributed by atoms with E-state index in [1.165, 1.54) is 0 Å². The second-order valence-electron chi connectivity index (χ2n) is 3.90. The molecule has 1 aromatic rings. The molecule has 0 saturated heterocycles. The number of hydrogen-bond donors (Lipinski definition) is 2. The van der Waals surface area contributed by atoms with E-state index in [0.717, 1.165) is 18.4 Å². The zero-order valence-electron chi connectivity index (χ0n) is 9.86. The molecule has 0 radical (unpaired) electrons. The lowest BCUT2D eigenvalue weighted by Crippen LogP contribution is -2.29. The maximum Gasteiger partial charge on any atom is 0.223 e. The van der Waals surface area contributed by atoms with Crippen LogP contribution in [0, 0.1) is 5.92 Å². The van der Waals surface area contributed by atoms with Gasteiger partial charge in [-0.05, 0) is 30.5 Å². The van der Waals surface area contributed by atoms with E-state index in [-0.39, 0.29) is 17.6 Å². The van der Waals surface area contributed by atoms with Gasteiger partial charge < -0.3 is 10.4 Å². The fraction of sp³-hybridized carbons (Fsp3) is 0.462. The Labute approximate surface area is 96.5 Å². The highest BCUT2D eigenvalue weighted by Crippen LogP contribution is 2.11. The van der Waals surface area contributed by atoms with E-state index in [1.807, 2.05) is 19.9 Å². The Morgan fingerprint density at radius 1 is 1.38 bits per heavy atom. The lowest BCUT2D eigenvalue weighted by molar-refractivity contribution is -0.125. The summed E-state index contributed by atoms with van der Waals surface area (Å²) in [6.45, 7) is 4.51. The van der Waals surface area contributed by atoms with Crippen molar-refractivity contribution in [3.63, 3.8) is 0 Å². The van der Waals surface area contributed by atoms with E-state index in [1.54, 1.807) is 18.2 Å². The predicted molar refractivity (Wildman–Crippen MR) is 64.0 cm³/mol. The molecule has 0 aliphatic heterocycles. The topological polar surface area (TPSA) is 49.3 Å². The number of phenols is 1. The van der Waals surface area contributed by atoms with Crippen molar-refractivity contribution in [3.05, 3.63) is 29.8 Å². The van der Waals surface area contributed by atoms with Crippen LogP contribution < -0.4 is 5.32 Å². The third kappa shape index (κ3) is 3.57. The lowest BCUT2D eigenvalue weighted by Gasteiger charge is -2.12. The van der Waals surface area contributed by atoms with Gasteiger partial charge >= 0.3 is 0 Å². The number of aromatic hydroxyl groups is 1. The molecule has 1 aromatic carbocycles. The highest BCUT2D eigenvalue weighted by atomic mass is 16.3. The van der Waals surface area contributed by atoms with Crippen LogP contribution in [0.15, 0.2) is 24.3 Å². The van der Waals surface area contributed by atoms with Crippen LogP contribution in [0.25, 0.3) is 0 Å². The molecule has 3 heteroatoms. The summed E-state index contributed by atoms with van der Waals surface area (Å²) < 4.78 is 0. The van der Waals surface area contributed by atoms with Crippen molar-refractivity contribution in [3.8, 4) is 5.75 Å². The second kappa shape index (κ2) is 6.16. The fourth-order valence-electron chi connectivity index (χ4n) is 1.66. The molecule has 16 heavy (non-hydrogen) atoms. The van der Waals surface area contributed by atoms with Gasteiger partial charge in [0.2, 0.25) is 5.91 Å². The molecule has 0 heterocycles. The third-order valence-electron chi connectivity index (χ3n) is 2.73. The standard InChI is InChI=1S/C13H19NO2/c1-3-11(4-2)13(16)14-9-10-6-5-7-12(15)8-10/h5-8,11,15H,3-4,9H2,1-2H3,(H,14,16). The van der Waals surface area contributed by atoms with Crippen molar-refractivity contribution >= 4 is 5.91 Å². The summed E-state index contributed by atoms with van der Waals surface area (Å²) in [4.78, 5) is 11.7. The van der Waals surface area contributed by atoms with Crippen LogP contribution in [0.3, 0.4) is 0 Å². The minimum absolute atomic E-state index is 0.0911. The third-order valence-corrected chi connectivity index (χ3v) is 2.73. The van der Waals surface area contributed by atoms with Crippen LogP contribution in [0.2, 0.25) is 0 Å². The molecule has 0 aliphatic carbocycles. The Morgan fingerprint density at radius 2 is 2.06 bits per heavy atom. The van der Waals surface area contributed by atoms with Crippen molar-refractivity contribution in [2.75, 3.05) is 0 Å². The van der Waals surface area contributed by atoms with E-state index in [4.69, 9.17) is 0 Å². The molecule has 1 amide bonds. The molecular formula is C13H19NO2. The number of phenolic OH excluding ortho intramolecular Hbond substituents is 1. The number of carbonyl (C=O) groups excluding carboxylic acids is 1. The Kier molecular flexibility index (Phi) is 4.83. The van der Waals surface area contributed by atoms with Gasteiger partial charge in [0.05, 0.1) is 0 Å². The Morgan fingerprint density at radius 3 is 2.62 bits per heavy atom. The SMILES string of the molecule is CCC(CC)C(=O)NCc1cccc(O)c1. The van der Waals surface area contributed by atoms with Crippen LogP contribution in [0.5, 0.6) is 5.75 Å². The predicted octanol–water partition coefficient (Wildman–Crippen LogP) is 2.44. The normalized spacial score (nSPS) is 10.4. The van der Waals surface area contributed by atoms with Gasteiger partial charge in [-0.3, -0.25) is 4.79 Å². The van der Waals surface area contributed by atoms with Gasteiger partial charge in [0.15, 0.2) is 0 Å². The summed E-state index contributed by atoms with van der Waals surface area (Å²) in [5.74, 6) is 0.417. The summed E-state index contributed by atoms with van der Waals surface area (Å²) in [7, 11) is 0. The lowest BCUT2D eigenvalue weighted by atomic mass is 10.0. The van der Waals surface area contributed by atoms with Gasteiger partial charge in [0.25, 0.3) is 0 Å². The van der Waals surface area contributed by atoms with E-state index >= 15 is 0 Å². The molecule has 0 unspecified atom stereocenters. The molecule has 88 valence electrons. The van der Waals surface area contributed by atoms with Crippen molar-refractivity contribution < 1.29 is 9.90 Å². The zero-order valence-corrected chi connectivity index (χ0v) is 9.86. The van der Waals surface area contributed by atoms with E-state index in [2.05, 4.69) is 5.32 Å². The van der Waals surface area contributed by atoms with Gasteiger partial charge in [0, 0.05) is 12.5 Å². The summed E-state index contributed by atoms with van der Waals surface area (Å²) in [6.07, 6.45) is 1.73. The van der Waals surface area contributed by atoms with Crippen LogP contribution in [-0.2, 0) is 11.3 Å². The number of benzene rings is 1. The molecule has 0 aliphatic rings. The minimum atomic E-state index is 0.0911. The number of amides is 1. The Bertz CT molecular complexity index is 346. The summed E-state index contributed by atoms with van der Waals surface area (Å²) in [5, 5.41) is 12.1. The summed E-state index contributed by atoms with van der Waals surface area (Å²) in [5.41, 5.74) is 0.916. The van der Waals surface area contributed by atoms with Crippen molar-refractivity contribution in [1.82, 2.24) is 5.32 Å². The zero-order chi connectivity index (χ0) is 12.0. The molecule has 0 saturated carbocycles. The van der Waals surface area contributed by atoms with Gasteiger partial charge in [-0.25, -0.2) is 0 Å². The monoisotopic (exact) mass is 221 g/mol. The van der Waals surface area contributed by atoms with E-state index in [0.29, 0.717) is 6.54 Å². The first kappa shape index (κ1) is 12.6. The van der Waals surface area contributed by atoms with E-state index < -0.39 is 0 Å². The average Bonchev–Trinajstić information content (AvgIpc) is 2.28. The minimum Gasteiger partial charge on any atom is -0.508 e. The molecular weight excluding hydrogens is 202 g/mol. The van der Waals surface area contributed by atoms with Crippen molar-refractivity contribution in [1.29, 1.82) is 0 Å². The number of nitrogens with one attached hydrogen (secondary N) is 1. The van der Waals surface area contributed by atoms with Crippen molar-refractivity contribution in [2.45, 2.75) is 33.2 Å². The number of rotatable bonds is 5. The molecule has 0 aromatic heterocycles. The maximum absolute atomic E-state index is 11.7. The van der Waals surface area contributed by atoms with Gasteiger partial charge in [-0.15, -0.1) is 0 Å². The van der Waals surface area contributed by atoms with E-state index in [9.17, 15) is 9.90 Å². The van der Waals surface area contributed by atoms with Crippen LogP contribution in [0.1, 0.15) is 32.3 Å². The number of hydrogen-bond acceptors (Lipinski definition) is 2. The first-order chi connectivity index (χ1) is 7.67. The van der Waals surface area contributed by atoms with Gasteiger partial charge in [-0.2, -0.15) is 0 Å². The summed E-state index contributed by atoms with van der Waals surface area (Å²) in [6, 6.07) is 6.93. The van der Waals surface area contributed by atoms with Crippen molar-refractivity contribution in [2.24, 2.45) is 5.92 Å². The highest BCUT2D eigenvalue weighted by Gasteiger charge is 2.13. The smallest absolute Gasteiger partial charge is 0.223 e. The Hall–Kier alpha value is -1.51. The maximum atomic E-state index is 11.7. The molecule has 3 nitrogen and oxygen atoms in total. The van der Waals surface area contributed by atoms with Gasteiger partial charge in [0.1, 0.15) is 5.75 Å². The molecule has 0 atom stereocenters. The molecule has 0 fully saturated rings. The van der Waals surface area contributed by atoms with Gasteiger partial charge in [-0.1, -0.05) is 26.0 Å². The molecule has 2 N–H and O–H groups in total. The summed E-state index contributed by atoms with van der Waals surface area (Å²) >= 11 is 0. The largest absolute Gasteiger partial charge is 0.508 e. The molecule has 0 bridgehead atoms. The first-order valence-electron chi connectivity index (χ1n) is 5.73. The Balaban J connectivity index is 2.48. The van der Waals surface area contributed by atoms with Crippen LogP contribution in [0.4, 0.5) is 0 Å². The highest BCUT2D eigenvalue weighted by molar-refractivity contribution is 5.78. The van der Waals surface area contributed by atoms with Crippen LogP contribution >= 0.6 is 0 Å². The number of carbonyl (C=O) groups is 1. The quantitative estimate of drug-likeness (QED) is 0.802. The molecule has 0 spiro atoms. The van der Waals surface area contributed by atoms with Crippen LogP contribution in [-0.4, -0.2) is 11.0 Å². The second-order valence-corrected chi connectivity index (χ2v) is 3.90. The average molecular weight is 221 g/mol. The molecule has 1 rings (SSSR count). The fourth-order valence-corrected chi connectivity index (χ4v) is 1.66. The first-order valence-corrected chi connectivity index (χ1v) is 5.73.